The summed E-state index contributed by atoms with van der Waals surface area (Å²) in [5, 5.41) is 9.23. The summed E-state index contributed by atoms with van der Waals surface area (Å²) in [7, 11) is 0. The summed E-state index contributed by atoms with van der Waals surface area (Å²) in [6, 6.07) is 9.86. The Labute approximate surface area is 105 Å². The quantitative estimate of drug-likeness (QED) is 0.863. The van der Waals surface area contributed by atoms with Crippen molar-refractivity contribution in [2.24, 2.45) is 0 Å². The molecule has 0 aliphatic heterocycles. The highest BCUT2D eigenvalue weighted by Gasteiger charge is 2.30. The van der Waals surface area contributed by atoms with Crippen LogP contribution in [-0.4, -0.2) is 16.1 Å². The van der Waals surface area contributed by atoms with Crippen molar-refractivity contribution in [1.29, 1.82) is 0 Å². The summed E-state index contributed by atoms with van der Waals surface area (Å²) < 4.78 is 0. The fourth-order valence-electron chi connectivity index (χ4n) is 2.23. The van der Waals surface area contributed by atoms with E-state index in [1.54, 1.807) is 6.07 Å². The molecule has 3 heteroatoms. The summed E-state index contributed by atoms with van der Waals surface area (Å²) in [5.41, 5.74) is 4.45. The van der Waals surface area contributed by atoms with Gasteiger partial charge in [-0.05, 0) is 37.3 Å². The van der Waals surface area contributed by atoms with Gasteiger partial charge in [-0.15, -0.1) is 0 Å². The van der Waals surface area contributed by atoms with E-state index < -0.39 is 5.97 Å². The van der Waals surface area contributed by atoms with Gasteiger partial charge in [0.1, 0.15) is 0 Å². The number of carboxylic acids is 1. The van der Waals surface area contributed by atoms with Crippen LogP contribution in [0.2, 0.25) is 0 Å². The SMILES string of the molecule is Cc1ccc(-c2cc(C(=O)O)c(C3CC3)[nH]2)cc1. The van der Waals surface area contributed by atoms with Gasteiger partial charge in [0, 0.05) is 11.4 Å². The number of aromatic nitrogens is 1. The molecule has 2 aromatic rings. The van der Waals surface area contributed by atoms with Gasteiger partial charge in [0.25, 0.3) is 0 Å². The third kappa shape index (κ3) is 1.92. The molecular weight excluding hydrogens is 226 g/mol. The molecule has 0 unspecified atom stereocenters. The molecule has 0 bridgehead atoms. The first-order valence-electron chi connectivity index (χ1n) is 6.18. The van der Waals surface area contributed by atoms with Crippen LogP contribution in [0.5, 0.6) is 0 Å². The molecule has 1 heterocycles. The number of aryl methyl sites for hydroxylation is 1. The van der Waals surface area contributed by atoms with Gasteiger partial charge in [-0.25, -0.2) is 4.79 Å². The molecule has 18 heavy (non-hydrogen) atoms. The van der Waals surface area contributed by atoms with Gasteiger partial charge in [-0.2, -0.15) is 0 Å². The van der Waals surface area contributed by atoms with E-state index in [1.807, 2.05) is 31.2 Å². The average Bonchev–Trinajstić information content (AvgIpc) is 3.09. The van der Waals surface area contributed by atoms with Gasteiger partial charge in [0.15, 0.2) is 0 Å². The highest BCUT2D eigenvalue weighted by atomic mass is 16.4. The maximum atomic E-state index is 11.2. The molecule has 0 spiro atoms. The second kappa shape index (κ2) is 4.02. The Morgan fingerprint density at radius 1 is 1.28 bits per heavy atom. The third-order valence-corrected chi connectivity index (χ3v) is 3.43. The zero-order chi connectivity index (χ0) is 12.7. The number of aromatic carboxylic acids is 1. The number of nitrogens with one attached hydrogen (secondary N) is 1. The number of benzene rings is 1. The maximum absolute atomic E-state index is 11.2. The lowest BCUT2D eigenvalue weighted by atomic mass is 10.1. The third-order valence-electron chi connectivity index (χ3n) is 3.43. The lowest BCUT2D eigenvalue weighted by Gasteiger charge is -1.99. The van der Waals surface area contributed by atoms with Crippen molar-refractivity contribution in [3.8, 4) is 11.3 Å². The molecule has 1 aliphatic rings. The number of carboxylic acid groups (broad SMARTS) is 1. The van der Waals surface area contributed by atoms with Crippen LogP contribution in [-0.2, 0) is 0 Å². The van der Waals surface area contributed by atoms with Crippen molar-refractivity contribution in [3.63, 3.8) is 0 Å². The van der Waals surface area contributed by atoms with Gasteiger partial charge in [0.2, 0.25) is 0 Å². The molecule has 92 valence electrons. The predicted octanol–water partition coefficient (Wildman–Crippen LogP) is 3.57. The number of carbonyl (C=O) groups is 1. The standard InChI is InChI=1S/C15H15NO2/c1-9-2-4-10(5-3-9)13-8-12(15(17)18)14(16-13)11-6-7-11/h2-5,8,11,16H,6-7H2,1H3,(H,17,18). The van der Waals surface area contributed by atoms with Crippen LogP contribution in [0.1, 0.15) is 40.4 Å². The van der Waals surface area contributed by atoms with Crippen molar-refractivity contribution in [1.82, 2.24) is 4.98 Å². The van der Waals surface area contributed by atoms with E-state index in [1.165, 1.54) is 5.56 Å². The van der Waals surface area contributed by atoms with E-state index in [4.69, 9.17) is 0 Å². The molecule has 1 saturated carbocycles. The first-order valence-corrected chi connectivity index (χ1v) is 6.18. The molecule has 2 N–H and O–H groups in total. The number of hydrogen-bond acceptors (Lipinski definition) is 1. The monoisotopic (exact) mass is 241 g/mol. The fourth-order valence-corrected chi connectivity index (χ4v) is 2.23. The van der Waals surface area contributed by atoms with Crippen LogP contribution in [0.4, 0.5) is 0 Å². The van der Waals surface area contributed by atoms with Gasteiger partial charge in [0.05, 0.1) is 5.56 Å². The Morgan fingerprint density at radius 3 is 2.50 bits per heavy atom. The molecule has 1 aliphatic carbocycles. The van der Waals surface area contributed by atoms with Crippen LogP contribution in [0.15, 0.2) is 30.3 Å². The van der Waals surface area contributed by atoms with E-state index in [-0.39, 0.29) is 0 Å². The lowest BCUT2D eigenvalue weighted by Crippen LogP contribution is -1.98. The summed E-state index contributed by atoms with van der Waals surface area (Å²) in [4.78, 5) is 14.5. The van der Waals surface area contributed by atoms with Gasteiger partial charge in [-0.1, -0.05) is 29.8 Å². The molecule has 3 rings (SSSR count). The van der Waals surface area contributed by atoms with Crippen molar-refractivity contribution in [3.05, 3.63) is 47.2 Å². The van der Waals surface area contributed by atoms with Gasteiger partial charge in [-0.3, -0.25) is 0 Å². The molecular formula is C15H15NO2. The molecule has 1 fully saturated rings. The maximum Gasteiger partial charge on any atom is 0.337 e. The van der Waals surface area contributed by atoms with Crippen molar-refractivity contribution >= 4 is 5.97 Å². The second-order valence-corrected chi connectivity index (χ2v) is 4.96. The Bertz CT molecular complexity index is 591. The summed E-state index contributed by atoms with van der Waals surface area (Å²) in [5.74, 6) is -0.429. The first kappa shape index (κ1) is 11.1. The average molecular weight is 241 g/mol. The normalized spacial score (nSPS) is 14.7. The molecule has 0 amide bonds. The molecule has 1 aromatic heterocycles. The Morgan fingerprint density at radius 2 is 1.94 bits per heavy atom. The largest absolute Gasteiger partial charge is 0.478 e. The molecule has 1 aromatic carbocycles. The summed E-state index contributed by atoms with van der Waals surface area (Å²) >= 11 is 0. The topological polar surface area (TPSA) is 53.1 Å². The second-order valence-electron chi connectivity index (χ2n) is 4.96. The summed E-state index contributed by atoms with van der Waals surface area (Å²) in [6.07, 6.45) is 2.18. The molecule has 0 atom stereocenters. The highest BCUT2D eigenvalue weighted by molar-refractivity contribution is 5.91. The van der Waals surface area contributed by atoms with Crippen molar-refractivity contribution in [2.75, 3.05) is 0 Å². The van der Waals surface area contributed by atoms with Crippen LogP contribution in [0.3, 0.4) is 0 Å². The van der Waals surface area contributed by atoms with Gasteiger partial charge >= 0.3 is 5.97 Å². The van der Waals surface area contributed by atoms with Gasteiger partial charge < -0.3 is 10.1 Å². The Kier molecular flexibility index (Phi) is 2.47. The van der Waals surface area contributed by atoms with Crippen molar-refractivity contribution in [2.45, 2.75) is 25.7 Å². The molecule has 3 nitrogen and oxygen atoms in total. The van der Waals surface area contributed by atoms with E-state index in [2.05, 4.69) is 4.98 Å². The summed E-state index contributed by atoms with van der Waals surface area (Å²) in [6.45, 7) is 2.04. The smallest absolute Gasteiger partial charge is 0.337 e. The van der Waals surface area contributed by atoms with E-state index in [9.17, 15) is 9.90 Å². The minimum Gasteiger partial charge on any atom is -0.478 e. The zero-order valence-corrected chi connectivity index (χ0v) is 10.2. The number of hydrogen-bond donors (Lipinski definition) is 2. The number of H-pyrrole nitrogens is 1. The van der Waals surface area contributed by atoms with E-state index in [0.717, 1.165) is 29.8 Å². The van der Waals surface area contributed by atoms with Crippen LogP contribution < -0.4 is 0 Å². The highest BCUT2D eigenvalue weighted by Crippen LogP contribution is 2.42. The predicted molar refractivity (Wildman–Crippen MR) is 69.9 cm³/mol. The number of aromatic amines is 1. The molecule has 0 saturated heterocycles. The van der Waals surface area contributed by atoms with Crippen molar-refractivity contribution < 1.29 is 9.90 Å². The Balaban J connectivity index is 2.04. The Hall–Kier alpha value is -2.03. The van der Waals surface area contributed by atoms with Crippen LogP contribution in [0, 0.1) is 6.92 Å². The van der Waals surface area contributed by atoms with Crippen LogP contribution in [0.25, 0.3) is 11.3 Å². The van der Waals surface area contributed by atoms with E-state index >= 15 is 0 Å². The fraction of sp³-hybridized carbons (Fsp3) is 0.267. The first-order chi connectivity index (χ1) is 8.65. The zero-order valence-electron chi connectivity index (χ0n) is 10.2. The molecule has 0 radical (unpaired) electrons. The lowest BCUT2D eigenvalue weighted by molar-refractivity contribution is 0.0696. The number of rotatable bonds is 3. The van der Waals surface area contributed by atoms with Crippen LogP contribution >= 0.6 is 0 Å². The minimum atomic E-state index is -0.841. The van der Waals surface area contributed by atoms with E-state index in [0.29, 0.717) is 11.5 Å². The minimum absolute atomic E-state index is 0.412.